The summed E-state index contributed by atoms with van der Waals surface area (Å²) >= 11 is 0. The van der Waals surface area contributed by atoms with E-state index in [9.17, 15) is 0 Å². The Morgan fingerprint density at radius 1 is 0.857 bits per heavy atom. The SMILES string of the molecule is [CH2].c1ccncc1. The van der Waals surface area contributed by atoms with Crippen LogP contribution in [0.15, 0.2) is 30.6 Å². The van der Waals surface area contributed by atoms with E-state index in [2.05, 4.69) is 4.98 Å². The minimum atomic E-state index is 0. The summed E-state index contributed by atoms with van der Waals surface area (Å²) in [7, 11) is 0. The molecule has 0 unspecified atom stereocenters. The fourth-order valence-corrected chi connectivity index (χ4v) is 0.313. The summed E-state index contributed by atoms with van der Waals surface area (Å²) in [4.78, 5) is 3.78. The maximum Gasteiger partial charge on any atom is 0.0267 e. The van der Waals surface area contributed by atoms with Crippen molar-refractivity contribution in [2.75, 3.05) is 0 Å². The Bertz CT molecular complexity index is 76.1. The van der Waals surface area contributed by atoms with Crippen molar-refractivity contribution in [3.63, 3.8) is 0 Å². The molecular formula is C6H7N. The van der Waals surface area contributed by atoms with Crippen molar-refractivity contribution in [1.82, 2.24) is 4.98 Å². The normalized spacial score (nSPS) is 6.86. The average Bonchev–Trinajstić information content (AvgIpc) is 1.72. The summed E-state index contributed by atoms with van der Waals surface area (Å²) in [6.07, 6.45) is 3.50. The third kappa shape index (κ3) is 1.93. The van der Waals surface area contributed by atoms with Gasteiger partial charge in [0.05, 0.1) is 0 Å². The van der Waals surface area contributed by atoms with E-state index in [1.807, 2.05) is 18.2 Å². The van der Waals surface area contributed by atoms with Gasteiger partial charge in [-0.25, -0.2) is 0 Å². The molecule has 36 valence electrons. The zero-order chi connectivity index (χ0) is 4.24. The van der Waals surface area contributed by atoms with Gasteiger partial charge in [0.1, 0.15) is 0 Å². The highest BCUT2D eigenvalue weighted by Gasteiger charge is 1.58. The largest absolute Gasteiger partial charge is 0.265 e. The smallest absolute Gasteiger partial charge is 0.0267 e. The number of nitrogens with zero attached hydrogens (tertiary/aromatic N) is 1. The van der Waals surface area contributed by atoms with Crippen molar-refractivity contribution >= 4 is 0 Å². The molecule has 1 aromatic rings. The van der Waals surface area contributed by atoms with E-state index < -0.39 is 0 Å². The van der Waals surface area contributed by atoms with Gasteiger partial charge in [-0.15, -0.1) is 0 Å². The second kappa shape index (κ2) is 3.34. The van der Waals surface area contributed by atoms with Crippen molar-refractivity contribution in [2.24, 2.45) is 0 Å². The molecule has 0 fully saturated rings. The van der Waals surface area contributed by atoms with Crippen LogP contribution in [-0.2, 0) is 0 Å². The van der Waals surface area contributed by atoms with Gasteiger partial charge >= 0.3 is 0 Å². The van der Waals surface area contributed by atoms with Crippen LogP contribution < -0.4 is 0 Å². The molecule has 0 aliphatic heterocycles. The molecule has 7 heavy (non-hydrogen) atoms. The fourth-order valence-electron chi connectivity index (χ4n) is 0.313. The average molecular weight is 93.1 g/mol. The van der Waals surface area contributed by atoms with E-state index in [1.54, 1.807) is 12.4 Å². The van der Waals surface area contributed by atoms with Gasteiger partial charge in [0, 0.05) is 12.4 Å². The Balaban J connectivity index is 0.000000360. The molecule has 0 bridgehead atoms. The second-order valence-corrected chi connectivity index (χ2v) is 1.02. The number of pyridine rings is 1. The predicted molar refractivity (Wildman–Crippen MR) is 29.6 cm³/mol. The third-order valence-electron chi connectivity index (χ3n) is 0.566. The quantitative estimate of drug-likeness (QED) is 0.472. The lowest BCUT2D eigenvalue weighted by atomic mass is 10.5. The monoisotopic (exact) mass is 93.1 g/mol. The number of hydrogen-bond acceptors (Lipinski definition) is 1. The van der Waals surface area contributed by atoms with Gasteiger partial charge in [-0.05, 0) is 12.1 Å². The highest BCUT2D eigenvalue weighted by molar-refractivity contribution is 4.88. The van der Waals surface area contributed by atoms with Crippen molar-refractivity contribution in [2.45, 2.75) is 0 Å². The third-order valence-corrected chi connectivity index (χ3v) is 0.566. The van der Waals surface area contributed by atoms with E-state index in [4.69, 9.17) is 0 Å². The van der Waals surface area contributed by atoms with Crippen molar-refractivity contribution < 1.29 is 0 Å². The minimum absolute atomic E-state index is 0. The summed E-state index contributed by atoms with van der Waals surface area (Å²) in [6, 6.07) is 5.72. The van der Waals surface area contributed by atoms with Crippen LogP contribution in [0, 0.1) is 7.43 Å². The Morgan fingerprint density at radius 3 is 1.57 bits per heavy atom. The molecule has 0 saturated carbocycles. The van der Waals surface area contributed by atoms with Gasteiger partial charge in [0.15, 0.2) is 0 Å². The minimum Gasteiger partial charge on any atom is -0.265 e. The first-order chi connectivity index (χ1) is 3.00. The lowest BCUT2D eigenvalue weighted by molar-refractivity contribution is 1.33. The molecule has 0 atom stereocenters. The Labute approximate surface area is 44.0 Å². The predicted octanol–water partition coefficient (Wildman–Crippen LogP) is 1.41. The van der Waals surface area contributed by atoms with Crippen LogP contribution in [-0.4, -0.2) is 4.98 Å². The van der Waals surface area contributed by atoms with Crippen molar-refractivity contribution in [1.29, 1.82) is 0 Å². The number of aromatic nitrogens is 1. The number of hydrogen-bond donors (Lipinski definition) is 0. The molecule has 0 amide bonds. The summed E-state index contributed by atoms with van der Waals surface area (Å²) < 4.78 is 0. The first-order valence-electron chi connectivity index (χ1n) is 1.85. The highest BCUT2D eigenvalue weighted by atomic mass is 14.6. The van der Waals surface area contributed by atoms with Gasteiger partial charge in [0.25, 0.3) is 0 Å². The summed E-state index contributed by atoms with van der Waals surface area (Å²) in [5, 5.41) is 0. The summed E-state index contributed by atoms with van der Waals surface area (Å²) in [6.45, 7) is 0. The summed E-state index contributed by atoms with van der Waals surface area (Å²) in [5.41, 5.74) is 0. The van der Waals surface area contributed by atoms with Crippen LogP contribution >= 0.6 is 0 Å². The molecule has 0 aromatic carbocycles. The Kier molecular flexibility index (Phi) is 2.94. The molecule has 0 saturated heterocycles. The van der Waals surface area contributed by atoms with Gasteiger partial charge in [-0.2, -0.15) is 0 Å². The molecule has 1 rings (SSSR count). The van der Waals surface area contributed by atoms with Crippen LogP contribution in [0.25, 0.3) is 0 Å². The van der Waals surface area contributed by atoms with Gasteiger partial charge < -0.3 is 0 Å². The molecule has 0 spiro atoms. The maximum atomic E-state index is 3.78. The summed E-state index contributed by atoms with van der Waals surface area (Å²) in [5.74, 6) is 0. The van der Waals surface area contributed by atoms with E-state index in [-0.39, 0.29) is 7.43 Å². The van der Waals surface area contributed by atoms with Gasteiger partial charge in [0.2, 0.25) is 0 Å². The maximum absolute atomic E-state index is 3.78. The molecule has 1 aromatic heterocycles. The second-order valence-electron chi connectivity index (χ2n) is 1.02. The zero-order valence-corrected chi connectivity index (χ0v) is 4.04. The van der Waals surface area contributed by atoms with Gasteiger partial charge in [-0.3, -0.25) is 4.98 Å². The first-order valence-corrected chi connectivity index (χ1v) is 1.85. The molecular weight excluding hydrogens is 86.1 g/mol. The highest BCUT2D eigenvalue weighted by Crippen LogP contribution is 1.73. The van der Waals surface area contributed by atoms with E-state index in [0.717, 1.165) is 0 Å². The standard InChI is InChI=1S/C5H5N.CH2/c1-2-4-6-5-3-1;/h1-5H;1H2. The van der Waals surface area contributed by atoms with Crippen LogP contribution in [0.2, 0.25) is 0 Å². The zero-order valence-electron chi connectivity index (χ0n) is 4.04. The molecule has 2 radical (unpaired) electrons. The lowest BCUT2D eigenvalue weighted by Gasteiger charge is -1.70. The van der Waals surface area contributed by atoms with Crippen LogP contribution in [0.4, 0.5) is 0 Å². The van der Waals surface area contributed by atoms with Crippen LogP contribution in [0.5, 0.6) is 0 Å². The van der Waals surface area contributed by atoms with E-state index in [1.165, 1.54) is 0 Å². The lowest BCUT2D eigenvalue weighted by Crippen LogP contribution is -1.58. The molecule has 1 heteroatoms. The number of rotatable bonds is 0. The molecule has 0 aliphatic carbocycles. The first kappa shape index (κ1) is 6.15. The van der Waals surface area contributed by atoms with Crippen LogP contribution in [0.3, 0.4) is 0 Å². The van der Waals surface area contributed by atoms with Gasteiger partial charge in [-0.1, -0.05) is 13.5 Å². The van der Waals surface area contributed by atoms with Crippen molar-refractivity contribution in [3.05, 3.63) is 38.0 Å². The topological polar surface area (TPSA) is 12.9 Å². The Morgan fingerprint density at radius 2 is 1.43 bits per heavy atom. The molecule has 1 nitrogen and oxygen atoms in total. The Hall–Kier alpha value is -0.850. The fraction of sp³-hybridized carbons (Fsp3) is 0. The van der Waals surface area contributed by atoms with E-state index in [0.29, 0.717) is 0 Å². The van der Waals surface area contributed by atoms with Crippen LogP contribution in [0.1, 0.15) is 0 Å². The van der Waals surface area contributed by atoms with Crippen molar-refractivity contribution in [3.8, 4) is 0 Å². The molecule has 0 N–H and O–H groups in total. The molecule has 1 heterocycles. The molecule has 0 aliphatic rings. The van der Waals surface area contributed by atoms with E-state index >= 15 is 0 Å².